The monoisotopic (exact) mass is 397 g/mol. The molecule has 2 heterocycles. The number of benzene rings is 1. The van der Waals surface area contributed by atoms with Crippen LogP contribution in [0.1, 0.15) is 17.5 Å². The molecular weight excluding hydrogens is 377 g/mol. The van der Waals surface area contributed by atoms with Crippen molar-refractivity contribution in [1.82, 2.24) is 20.4 Å². The molecule has 0 unspecified atom stereocenters. The van der Waals surface area contributed by atoms with Gasteiger partial charge in [-0.3, -0.25) is 9.67 Å². The van der Waals surface area contributed by atoms with Crippen molar-refractivity contribution in [1.29, 1.82) is 0 Å². The van der Waals surface area contributed by atoms with Gasteiger partial charge in [0.15, 0.2) is 5.96 Å². The highest BCUT2D eigenvalue weighted by molar-refractivity contribution is 14.0. The summed E-state index contributed by atoms with van der Waals surface area (Å²) in [5.74, 6) is 0.914. The Morgan fingerprint density at radius 1 is 1.19 bits per heavy atom. The van der Waals surface area contributed by atoms with E-state index >= 15 is 0 Å². The first-order valence-electron chi connectivity index (χ1n) is 6.97. The SMILES string of the molecule is I.c1cnn(Cc2ccc(CNC3=NCCCN3)cc2)c1. The van der Waals surface area contributed by atoms with Crippen molar-refractivity contribution in [2.75, 3.05) is 13.1 Å². The molecule has 3 rings (SSSR count). The summed E-state index contributed by atoms with van der Waals surface area (Å²) in [6, 6.07) is 10.5. The fraction of sp³-hybridized carbons (Fsp3) is 0.333. The first-order chi connectivity index (χ1) is 9.90. The van der Waals surface area contributed by atoms with Crippen LogP contribution in [0.2, 0.25) is 0 Å². The van der Waals surface area contributed by atoms with E-state index in [4.69, 9.17) is 0 Å². The van der Waals surface area contributed by atoms with E-state index in [0.29, 0.717) is 0 Å². The minimum atomic E-state index is 0. The van der Waals surface area contributed by atoms with Gasteiger partial charge in [-0.25, -0.2) is 0 Å². The van der Waals surface area contributed by atoms with Crippen molar-refractivity contribution >= 4 is 29.9 Å². The summed E-state index contributed by atoms with van der Waals surface area (Å²) in [7, 11) is 0. The first-order valence-corrected chi connectivity index (χ1v) is 6.97. The fourth-order valence-electron chi connectivity index (χ4n) is 2.18. The highest BCUT2D eigenvalue weighted by atomic mass is 127. The molecule has 0 aliphatic carbocycles. The highest BCUT2D eigenvalue weighted by Crippen LogP contribution is 2.06. The normalized spacial score (nSPS) is 13.8. The molecule has 112 valence electrons. The predicted molar refractivity (Wildman–Crippen MR) is 94.9 cm³/mol. The Labute approximate surface area is 141 Å². The van der Waals surface area contributed by atoms with Crippen LogP contribution in [-0.2, 0) is 13.1 Å². The Morgan fingerprint density at radius 3 is 2.67 bits per heavy atom. The molecule has 0 radical (unpaired) electrons. The average Bonchev–Trinajstić information content (AvgIpc) is 3.01. The molecule has 21 heavy (non-hydrogen) atoms. The lowest BCUT2D eigenvalue weighted by Gasteiger charge is -2.16. The highest BCUT2D eigenvalue weighted by Gasteiger charge is 2.03. The molecule has 1 aromatic heterocycles. The van der Waals surface area contributed by atoms with Crippen LogP contribution in [-0.4, -0.2) is 28.8 Å². The van der Waals surface area contributed by atoms with Crippen LogP contribution >= 0.6 is 24.0 Å². The molecular formula is C15H20IN5. The van der Waals surface area contributed by atoms with Gasteiger partial charge < -0.3 is 10.6 Å². The van der Waals surface area contributed by atoms with Crippen molar-refractivity contribution in [3.05, 3.63) is 53.9 Å². The largest absolute Gasteiger partial charge is 0.356 e. The van der Waals surface area contributed by atoms with Crippen LogP contribution in [0.15, 0.2) is 47.7 Å². The zero-order valence-corrected chi connectivity index (χ0v) is 14.2. The molecule has 2 N–H and O–H groups in total. The second-order valence-corrected chi connectivity index (χ2v) is 4.88. The predicted octanol–water partition coefficient (Wildman–Crippen LogP) is 1.99. The smallest absolute Gasteiger partial charge is 0.191 e. The van der Waals surface area contributed by atoms with Crippen LogP contribution in [0, 0.1) is 0 Å². The molecule has 0 bridgehead atoms. The molecule has 0 fully saturated rings. The number of halogens is 1. The summed E-state index contributed by atoms with van der Waals surface area (Å²) in [6.07, 6.45) is 4.89. The Morgan fingerprint density at radius 2 is 2.00 bits per heavy atom. The molecule has 0 saturated carbocycles. The van der Waals surface area contributed by atoms with Gasteiger partial charge in [0.25, 0.3) is 0 Å². The lowest BCUT2D eigenvalue weighted by molar-refractivity contribution is 0.686. The van der Waals surface area contributed by atoms with Gasteiger partial charge in [-0.15, -0.1) is 24.0 Å². The maximum atomic E-state index is 4.39. The number of hydrogen-bond acceptors (Lipinski definition) is 4. The number of rotatable bonds is 4. The maximum Gasteiger partial charge on any atom is 0.191 e. The summed E-state index contributed by atoms with van der Waals surface area (Å²) >= 11 is 0. The summed E-state index contributed by atoms with van der Waals surface area (Å²) in [6.45, 7) is 3.54. The van der Waals surface area contributed by atoms with Gasteiger partial charge in [-0.05, 0) is 23.6 Å². The van der Waals surface area contributed by atoms with Crippen LogP contribution in [0.3, 0.4) is 0 Å². The molecule has 1 aliphatic rings. The standard InChI is InChI=1S/C15H19N5.HI/c1-7-16-15(17-8-1)18-11-13-3-5-14(6-4-13)12-20-10-2-9-19-20;/h2-6,9-10H,1,7-8,11-12H2,(H2,16,17,18);1H. The van der Waals surface area contributed by atoms with Gasteiger partial charge >= 0.3 is 0 Å². The summed E-state index contributed by atoms with van der Waals surface area (Å²) in [5, 5.41) is 10.8. The van der Waals surface area contributed by atoms with E-state index < -0.39 is 0 Å². The lowest BCUT2D eigenvalue weighted by Crippen LogP contribution is -2.40. The average molecular weight is 397 g/mol. The zero-order valence-electron chi connectivity index (χ0n) is 11.8. The molecule has 2 aromatic rings. The quantitative estimate of drug-likeness (QED) is 0.777. The number of hydrogen-bond donors (Lipinski definition) is 2. The molecule has 0 amide bonds. The van der Waals surface area contributed by atoms with Crippen LogP contribution in [0.25, 0.3) is 0 Å². The number of nitrogens with zero attached hydrogens (tertiary/aromatic N) is 3. The number of guanidine groups is 1. The summed E-state index contributed by atoms with van der Waals surface area (Å²) in [5.41, 5.74) is 2.51. The van der Waals surface area contributed by atoms with Crippen molar-refractivity contribution in [3.8, 4) is 0 Å². The van der Waals surface area contributed by atoms with Gasteiger partial charge in [0, 0.05) is 32.0 Å². The van der Waals surface area contributed by atoms with E-state index in [1.165, 1.54) is 11.1 Å². The molecule has 6 heteroatoms. The molecule has 0 spiro atoms. The van der Waals surface area contributed by atoms with E-state index in [-0.39, 0.29) is 24.0 Å². The summed E-state index contributed by atoms with van der Waals surface area (Å²) < 4.78 is 1.92. The van der Waals surface area contributed by atoms with Gasteiger partial charge in [-0.2, -0.15) is 5.10 Å². The Hall–Kier alpha value is -1.57. The molecule has 0 saturated heterocycles. The third kappa shape index (κ3) is 4.73. The maximum absolute atomic E-state index is 4.39. The van der Waals surface area contributed by atoms with Crippen LogP contribution < -0.4 is 10.6 Å². The van der Waals surface area contributed by atoms with E-state index in [2.05, 4.69) is 45.0 Å². The van der Waals surface area contributed by atoms with Gasteiger partial charge in [0.2, 0.25) is 0 Å². The van der Waals surface area contributed by atoms with Crippen LogP contribution in [0.4, 0.5) is 0 Å². The van der Waals surface area contributed by atoms with Crippen LogP contribution in [0.5, 0.6) is 0 Å². The number of nitrogens with one attached hydrogen (secondary N) is 2. The third-order valence-corrected chi connectivity index (χ3v) is 3.28. The van der Waals surface area contributed by atoms with E-state index in [1.807, 2.05) is 16.9 Å². The topological polar surface area (TPSA) is 54.2 Å². The Kier molecular flexibility index (Phi) is 6.04. The van der Waals surface area contributed by atoms with E-state index in [1.54, 1.807) is 6.20 Å². The van der Waals surface area contributed by atoms with Gasteiger partial charge in [0.1, 0.15) is 0 Å². The zero-order chi connectivity index (χ0) is 13.6. The molecule has 5 nitrogen and oxygen atoms in total. The molecule has 0 atom stereocenters. The molecule has 1 aliphatic heterocycles. The lowest BCUT2D eigenvalue weighted by atomic mass is 10.1. The van der Waals surface area contributed by atoms with Crippen molar-refractivity contribution in [2.24, 2.45) is 4.99 Å². The molecule has 1 aromatic carbocycles. The van der Waals surface area contributed by atoms with Crippen molar-refractivity contribution < 1.29 is 0 Å². The van der Waals surface area contributed by atoms with Crippen molar-refractivity contribution in [3.63, 3.8) is 0 Å². The fourth-order valence-corrected chi connectivity index (χ4v) is 2.18. The Bertz CT molecular complexity index is 562. The van der Waals surface area contributed by atoms with E-state index in [9.17, 15) is 0 Å². The minimum absolute atomic E-state index is 0. The summed E-state index contributed by atoms with van der Waals surface area (Å²) in [4.78, 5) is 4.39. The van der Waals surface area contributed by atoms with Gasteiger partial charge in [0.05, 0.1) is 6.54 Å². The van der Waals surface area contributed by atoms with E-state index in [0.717, 1.165) is 38.6 Å². The second kappa shape index (κ2) is 8.02. The van der Waals surface area contributed by atoms with Gasteiger partial charge in [-0.1, -0.05) is 24.3 Å². The Balaban J connectivity index is 0.00000161. The minimum Gasteiger partial charge on any atom is -0.356 e. The third-order valence-electron chi connectivity index (χ3n) is 3.28. The van der Waals surface area contributed by atoms with Crippen molar-refractivity contribution in [2.45, 2.75) is 19.5 Å². The number of aliphatic imine (C=N–C) groups is 1. The number of aromatic nitrogens is 2. The second-order valence-electron chi connectivity index (χ2n) is 4.88. The first kappa shape index (κ1) is 15.8.